The molecule has 0 aliphatic rings. The van der Waals surface area contributed by atoms with E-state index in [4.69, 9.17) is 0 Å². The topological polar surface area (TPSA) is 17.1 Å². The molecule has 0 saturated carbocycles. The van der Waals surface area contributed by atoms with Crippen molar-refractivity contribution < 1.29 is 22.4 Å². The van der Waals surface area contributed by atoms with Crippen molar-refractivity contribution in [1.82, 2.24) is 0 Å². The van der Waals surface area contributed by atoms with Crippen molar-refractivity contribution in [2.24, 2.45) is 0 Å². The van der Waals surface area contributed by atoms with E-state index in [1.807, 2.05) is 0 Å². The van der Waals surface area contributed by atoms with Gasteiger partial charge in [0.15, 0.2) is 0 Å². The lowest BCUT2D eigenvalue weighted by Crippen LogP contribution is -2.34. The van der Waals surface area contributed by atoms with E-state index < -0.39 is 16.5 Å². The zero-order valence-electron chi connectivity index (χ0n) is 4.18. The third-order valence-corrected chi connectivity index (χ3v) is 0.858. The number of Topliss-reactive ketones (excluding diaryl/α,β-unsaturated/α-hetero) is 1. The molecular weight excluding hydrogens is 199 g/mol. The largest absolute Gasteiger partial charge is 0.456 e. The van der Waals surface area contributed by atoms with Crippen LogP contribution in [0.5, 0.6) is 0 Å². The van der Waals surface area contributed by atoms with Crippen molar-refractivity contribution in [2.75, 3.05) is 0 Å². The second kappa shape index (κ2) is 2.54. The Morgan fingerprint density at radius 2 is 1.40 bits per heavy atom. The van der Waals surface area contributed by atoms with Gasteiger partial charge in [0, 0.05) is 0 Å². The van der Waals surface area contributed by atoms with Gasteiger partial charge in [-0.05, 0) is 0 Å². The van der Waals surface area contributed by atoms with Gasteiger partial charge in [-0.15, -0.1) is 0 Å². The van der Waals surface area contributed by atoms with Crippen molar-refractivity contribution in [3.63, 3.8) is 0 Å². The van der Waals surface area contributed by atoms with Gasteiger partial charge in [0.25, 0.3) is 0 Å². The molecule has 0 N–H and O–H groups in total. The molecule has 0 aromatic carbocycles. The van der Waals surface area contributed by atoms with E-state index in [0.717, 1.165) is 0 Å². The molecule has 0 aliphatic carbocycles. The standard InChI is InChI=1S/C3Cl2F4O/c4-2(5,6)1(10)3(7,8)9. The first-order valence-corrected chi connectivity index (χ1v) is 2.59. The fraction of sp³-hybridized carbons (Fsp3) is 0.667. The summed E-state index contributed by atoms with van der Waals surface area (Å²) >= 11 is 8.39. The molecule has 0 fully saturated rings. The van der Waals surface area contributed by atoms with Crippen LogP contribution < -0.4 is 0 Å². The summed E-state index contributed by atoms with van der Waals surface area (Å²) in [6.07, 6.45) is -5.34. The minimum absolute atomic E-state index is 2.82. The average Bonchev–Trinajstić information content (AvgIpc) is 1.59. The van der Waals surface area contributed by atoms with Crippen molar-refractivity contribution in [3.8, 4) is 0 Å². The lowest BCUT2D eigenvalue weighted by molar-refractivity contribution is -0.175. The Labute approximate surface area is 62.9 Å². The van der Waals surface area contributed by atoms with Crippen LogP contribution >= 0.6 is 23.2 Å². The molecule has 0 bridgehead atoms. The Hall–Kier alpha value is -0.0300. The molecule has 0 aliphatic heterocycles. The van der Waals surface area contributed by atoms with Gasteiger partial charge in [-0.25, -0.2) is 0 Å². The fourth-order valence-corrected chi connectivity index (χ4v) is 0.375. The maximum atomic E-state index is 11.7. The normalized spacial score (nSPS) is 13.4. The van der Waals surface area contributed by atoms with Crippen molar-refractivity contribution in [2.45, 2.75) is 10.8 Å². The highest BCUT2D eigenvalue weighted by Crippen LogP contribution is 2.32. The van der Waals surface area contributed by atoms with Crippen LogP contribution in [0.15, 0.2) is 0 Å². The second-order valence-corrected chi connectivity index (χ2v) is 2.56. The van der Waals surface area contributed by atoms with Crippen molar-refractivity contribution in [3.05, 3.63) is 0 Å². The fourth-order valence-electron chi connectivity index (χ4n) is 0.161. The summed E-state index contributed by atoms with van der Waals surface area (Å²) < 4.78 is 41.4. The summed E-state index contributed by atoms with van der Waals surface area (Å²) in [5.74, 6) is -2.82. The molecule has 0 rings (SSSR count). The van der Waals surface area contributed by atoms with E-state index in [-0.39, 0.29) is 0 Å². The summed E-state index contributed by atoms with van der Waals surface area (Å²) in [7, 11) is 0. The Bertz CT molecular complexity index is 130. The van der Waals surface area contributed by atoms with E-state index in [2.05, 4.69) is 23.2 Å². The molecule has 7 heteroatoms. The molecule has 0 saturated heterocycles. The van der Waals surface area contributed by atoms with Crippen molar-refractivity contribution in [1.29, 1.82) is 0 Å². The van der Waals surface area contributed by atoms with Crippen LogP contribution in [0.3, 0.4) is 0 Å². The van der Waals surface area contributed by atoms with E-state index in [9.17, 15) is 22.4 Å². The van der Waals surface area contributed by atoms with Gasteiger partial charge in [-0.2, -0.15) is 17.6 Å². The van der Waals surface area contributed by atoms with Crippen LogP contribution in [0.2, 0.25) is 0 Å². The van der Waals surface area contributed by atoms with Crippen LogP contribution in [-0.2, 0) is 4.79 Å². The predicted octanol–water partition coefficient (Wildman–Crippen LogP) is 2.22. The van der Waals surface area contributed by atoms with E-state index in [0.29, 0.717) is 0 Å². The van der Waals surface area contributed by atoms with Gasteiger partial charge in [-0.3, -0.25) is 4.79 Å². The Morgan fingerprint density at radius 1 is 1.10 bits per heavy atom. The minimum atomic E-state index is -5.34. The van der Waals surface area contributed by atoms with E-state index in [1.54, 1.807) is 0 Å². The highest BCUT2D eigenvalue weighted by atomic mass is 35.5. The lowest BCUT2D eigenvalue weighted by Gasteiger charge is -2.09. The number of halogens is 6. The molecule has 60 valence electrons. The molecule has 0 aromatic heterocycles. The van der Waals surface area contributed by atoms with Crippen LogP contribution in [0.1, 0.15) is 0 Å². The van der Waals surface area contributed by atoms with Crippen LogP contribution in [-0.4, -0.2) is 16.5 Å². The van der Waals surface area contributed by atoms with Gasteiger partial charge < -0.3 is 0 Å². The monoisotopic (exact) mass is 198 g/mol. The number of carbonyl (C=O) groups excluding carboxylic acids is 1. The summed E-state index contributed by atoms with van der Waals surface area (Å²) in [5.41, 5.74) is 0. The second-order valence-electron chi connectivity index (χ2n) is 1.32. The van der Waals surface area contributed by atoms with Crippen molar-refractivity contribution >= 4 is 29.0 Å². The SMILES string of the molecule is O=C(C(F)(F)F)C(F)(Cl)Cl. The molecule has 0 spiro atoms. The maximum absolute atomic E-state index is 11.7. The number of alkyl halides is 6. The zero-order chi connectivity index (χ0) is 8.58. The molecule has 0 amide bonds. The first-order chi connectivity index (χ1) is 4.15. The smallest absolute Gasteiger partial charge is 0.283 e. The molecule has 1 nitrogen and oxygen atoms in total. The first kappa shape index (κ1) is 9.97. The minimum Gasteiger partial charge on any atom is -0.283 e. The summed E-state index contributed by atoms with van der Waals surface area (Å²) in [6.45, 7) is 0. The predicted molar refractivity (Wildman–Crippen MR) is 26.6 cm³/mol. The molecule has 0 radical (unpaired) electrons. The maximum Gasteiger partial charge on any atom is 0.456 e. The lowest BCUT2D eigenvalue weighted by atomic mass is 10.4. The Kier molecular flexibility index (Phi) is 2.53. The Balaban J connectivity index is 4.40. The number of ketones is 1. The number of carbonyl (C=O) groups is 1. The molecule has 10 heavy (non-hydrogen) atoms. The summed E-state index contributed by atoms with van der Waals surface area (Å²) in [5, 5.41) is 0. The number of hydrogen-bond acceptors (Lipinski definition) is 1. The van der Waals surface area contributed by atoms with Gasteiger partial charge in [0.2, 0.25) is 0 Å². The molecular formula is C3Cl2F4O. The quantitative estimate of drug-likeness (QED) is 0.467. The Morgan fingerprint density at radius 3 is 1.40 bits per heavy atom. The van der Waals surface area contributed by atoms with E-state index >= 15 is 0 Å². The average molecular weight is 199 g/mol. The van der Waals surface area contributed by atoms with Gasteiger partial charge in [0.05, 0.1) is 0 Å². The summed E-state index contributed by atoms with van der Waals surface area (Å²) in [6, 6.07) is 0. The third kappa shape index (κ3) is 2.70. The van der Waals surface area contributed by atoms with Gasteiger partial charge in [-0.1, -0.05) is 23.2 Å². The molecule has 0 heterocycles. The van der Waals surface area contributed by atoms with Gasteiger partial charge >= 0.3 is 16.5 Å². The highest BCUT2D eigenvalue weighted by Gasteiger charge is 2.52. The zero-order valence-corrected chi connectivity index (χ0v) is 5.69. The number of hydrogen-bond donors (Lipinski definition) is 0. The molecule has 0 atom stereocenters. The molecule has 0 aromatic rings. The first-order valence-electron chi connectivity index (χ1n) is 1.84. The van der Waals surface area contributed by atoms with Crippen LogP contribution in [0.4, 0.5) is 17.6 Å². The third-order valence-electron chi connectivity index (χ3n) is 0.515. The number of rotatable bonds is 1. The highest BCUT2D eigenvalue weighted by molar-refractivity contribution is 6.57. The summed E-state index contributed by atoms with van der Waals surface area (Å²) in [4.78, 5) is 9.72. The molecule has 0 unspecified atom stereocenters. The van der Waals surface area contributed by atoms with Crippen LogP contribution in [0.25, 0.3) is 0 Å². The van der Waals surface area contributed by atoms with Gasteiger partial charge in [0.1, 0.15) is 0 Å². The van der Waals surface area contributed by atoms with E-state index in [1.165, 1.54) is 0 Å². The van der Waals surface area contributed by atoms with Crippen LogP contribution in [0, 0.1) is 0 Å².